The van der Waals surface area contributed by atoms with Crippen LogP contribution in [0.4, 0.5) is 11.4 Å². The summed E-state index contributed by atoms with van der Waals surface area (Å²) in [7, 11) is -3.28. The predicted octanol–water partition coefficient (Wildman–Crippen LogP) is 2.71. The lowest BCUT2D eigenvalue weighted by Gasteiger charge is -2.16. The first-order valence-corrected chi connectivity index (χ1v) is 8.79. The highest BCUT2D eigenvalue weighted by atomic mass is 35.5. The van der Waals surface area contributed by atoms with Crippen molar-refractivity contribution in [1.82, 2.24) is 0 Å². The van der Waals surface area contributed by atoms with Crippen molar-refractivity contribution in [3.05, 3.63) is 23.2 Å². The summed E-state index contributed by atoms with van der Waals surface area (Å²) in [6, 6.07) is 4.72. The van der Waals surface area contributed by atoms with Crippen molar-refractivity contribution >= 4 is 38.7 Å². The summed E-state index contributed by atoms with van der Waals surface area (Å²) in [5.41, 5.74) is 6.47. The Kier molecular flexibility index (Phi) is 6.04. The Labute approximate surface area is 130 Å². The van der Waals surface area contributed by atoms with Gasteiger partial charge in [-0.3, -0.25) is 4.79 Å². The van der Waals surface area contributed by atoms with E-state index in [0.29, 0.717) is 16.4 Å². The van der Waals surface area contributed by atoms with Crippen molar-refractivity contribution in [1.29, 1.82) is 0 Å². The normalized spacial score (nSPS) is 13.2. The van der Waals surface area contributed by atoms with Crippen LogP contribution < -0.4 is 11.1 Å². The largest absolute Gasteiger partial charge is 0.399 e. The van der Waals surface area contributed by atoms with Crippen LogP contribution in [0.15, 0.2) is 18.2 Å². The Morgan fingerprint density at radius 3 is 2.48 bits per heavy atom. The minimum atomic E-state index is -3.28. The summed E-state index contributed by atoms with van der Waals surface area (Å²) in [6.07, 6.45) is -0.0971. The molecule has 0 saturated carbocycles. The quantitative estimate of drug-likeness (QED) is 0.784. The number of carbonyl (C=O) groups is 1. The van der Waals surface area contributed by atoms with Crippen LogP contribution >= 0.6 is 11.6 Å². The van der Waals surface area contributed by atoms with Gasteiger partial charge in [0.1, 0.15) is 0 Å². The number of sulfone groups is 1. The highest BCUT2D eigenvalue weighted by Gasteiger charge is 2.24. The summed E-state index contributed by atoms with van der Waals surface area (Å²) in [5, 5.41) is 2.44. The first-order chi connectivity index (χ1) is 9.63. The SMILES string of the molecule is CC(C)C(C)S(=O)(=O)CCC(=O)Nc1ccc(N)cc1Cl. The summed E-state index contributed by atoms with van der Waals surface area (Å²) in [6.45, 7) is 5.35. The van der Waals surface area contributed by atoms with Crippen molar-refractivity contribution in [2.75, 3.05) is 16.8 Å². The molecule has 1 amide bonds. The van der Waals surface area contributed by atoms with Gasteiger partial charge in [-0.1, -0.05) is 25.4 Å². The van der Waals surface area contributed by atoms with Gasteiger partial charge in [0.25, 0.3) is 0 Å². The molecule has 1 rings (SSSR count). The second-order valence-corrected chi connectivity index (χ2v) is 8.24. The van der Waals surface area contributed by atoms with E-state index in [2.05, 4.69) is 5.32 Å². The third-order valence-corrected chi connectivity index (χ3v) is 6.15. The molecule has 0 radical (unpaired) electrons. The first-order valence-electron chi connectivity index (χ1n) is 6.70. The zero-order valence-corrected chi connectivity index (χ0v) is 14.0. The number of nitrogen functional groups attached to an aromatic ring is 1. The second kappa shape index (κ2) is 7.13. The van der Waals surface area contributed by atoms with Crippen molar-refractivity contribution in [2.24, 2.45) is 5.92 Å². The number of nitrogens with one attached hydrogen (secondary N) is 1. The van der Waals surface area contributed by atoms with Gasteiger partial charge in [0.2, 0.25) is 5.91 Å². The topological polar surface area (TPSA) is 89.3 Å². The van der Waals surface area contributed by atoms with E-state index >= 15 is 0 Å². The molecule has 5 nitrogen and oxygen atoms in total. The van der Waals surface area contributed by atoms with Gasteiger partial charge in [-0.2, -0.15) is 0 Å². The van der Waals surface area contributed by atoms with Crippen LogP contribution in [0.1, 0.15) is 27.2 Å². The Morgan fingerprint density at radius 2 is 1.95 bits per heavy atom. The van der Waals surface area contributed by atoms with Gasteiger partial charge in [0, 0.05) is 12.1 Å². The fraction of sp³-hybridized carbons (Fsp3) is 0.500. The molecule has 0 aliphatic carbocycles. The van der Waals surface area contributed by atoms with E-state index in [0.717, 1.165) is 0 Å². The Hall–Kier alpha value is -1.27. The summed E-state index contributed by atoms with van der Waals surface area (Å²) in [5.74, 6) is -0.545. The average molecular weight is 333 g/mol. The van der Waals surface area contributed by atoms with E-state index < -0.39 is 15.1 Å². The molecule has 1 atom stereocenters. The first kappa shape index (κ1) is 17.8. The fourth-order valence-corrected chi connectivity index (χ4v) is 3.59. The molecule has 0 bridgehead atoms. The third kappa shape index (κ3) is 5.21. The molecular weight excluding hydrogens is 312 g/mol. The average Bonchev–Trinajstić information content (AvgIpc) is 2.39. The van der Waals surface area contributed by atoms with Crippen molar-refractivity contribution < 1.29 is 13.2 Å². The minimum Gasteiger partial charge on any atom is -0.399 e. The number of anilines is 2. The molecule has 1 aromatic rings. The van der Waals surface area contributed by atoms with Gasteiger partial charge < -0.3 is 11.1 Å². The van der Waals surface area contributed by atoms with Gasteiger partial charge in [0.15, 0.2) is 9.84 Å². The van der Waals surface area contributed by atoms with Crippen molar-refractivity contribution in [2.45, 2.75) is 32.4 Å². The summed E-state index contributed by atoms with van der Waals surface area (Å²) >= 11 is 5.94. The van der Waals surface area contributed by atoms with Crippen LogP contribution in [-0.2, 0) is 14.6 Å². The van der Waals surface area contributed by atoms with E-state index in [4.69, 9.17) is 17.3 Å². The number of halogens is 1. The number of carbonyl (C=O) groups excluding carboxylic acids is 1. The molecule has 0 aromatic heterocycles. The van der Waals surface area contributed by atoms with Crippen LogP contribution in [0.25, 0.3) is 0 Å². The van der Waals surface area contributed by atoms with Crippen LogP contribution in [0.2, 0.25) is 5.02 Å². The number of rotatable bonds is 6. The molecular formula is C14H21ClN2O3S. The van der Waals surface area contributed by atoms with Gasteiger partial charge in [0.05, 0.1) is 21.7 Å². The molecule has 21 heavy (non-hydrogen) atoms. The second-order valence-electron chi connectivity index (χ2n) is 5.35. The number of nitrogens with two attached hydrogens (primary N) is 1. The smallest absolute Gasteiger partial charge is 0.225 e. The number of amides is 1. The van der Waals surface area contributed by atoms with E-state index in [1.165, 1.54) is 6.07 Å². The molecule has 1 aromatic carbocycles. The third-order valence-electron chi connectivity index (χ3n) is 3.39. The van der Waals surface area contributed by atoms with Crippen LogP contribution in [0.5, 0.6) is 0 Å². The van der Waals surface area contributed by atoms with E-state index in [9.17, 15) is 13.2 Å². The van der Waals surface area contributed by atoms with Crippen LogP contribution in [0.3, 0.4) is 0 Å². The van der Waals surface area contributed by atoms with E-state index in [1.54, 1.807) is 19.1 Å². The van der Waals surface area contributed by atoms with Gasteiger partial charge in [-0.25, -0.2) is 8.42 Å². The van der Waals surface area contributed by atoms with Crippen molar-refractivity contribution in [3.63, 3.8) is 0 Å². The maximum atomic E-state index is 12.0. The molecule has 0 heterocycles. The Balaban J connectivity index is 2.63. The highest BCUT2D eigenvalue weighted by molar-refractivity contribution is 7.92. The molecule has 7 heteroatoms. The fourth-order valence-electron chi connectivity index (χ4n) is 1.68. The maximum Gasteiger partial charge on any atom is 0.225 e. The molecule has 0 aliphatic rings. The van der Waals surface area contributed by atoms with Gasteiger partial charge in [-0.15, -0.1) is 0 Å². The monoisotopic (exact) mass is 332 g/mol. The number of benzene rings is 1. The van der Waals surface area contributed by atoms with E-state index in [-0.39, 0.29) is 24.0 Å². The molecule has 0 spiro atoms. The maximum absolute atomic E-state index is 12.0. The zero-order valence-electron chi connectivity index (χ0n) is 12.4. The molecule has 0 fully saturated rings. The number of hydrogen-bond donors (Lipinski definition) is 2. The Morgan fingerprint density at radius 1 is 1.33 bits per heavy atom. The molecule has 118 valence electrons. The van der Waals surface area contributed by atoms with Crippen molar-refractivity contribution in [3.8, 4) is 0 Å². The standard InChI is InChI=1S/C14H21ClN2O3S/c1-9(2)10(3)21(19,20)7-6-14(18)17-13-5-4-11(16)8-12(13)15/h4-5,8-10H,6-7,16H2,1-3H3,(H,17,18). The lowest BCUT2D eigenvalue weighted by atomic mass is 10.2. The highest BCUT2D eigenvalue weighted by Crippen LogP contribution is 2.24. The van der Waals surface area contributed by atoms with Crippen LogP contribution in [-0.4, -0.2) is 25.3 Å². The van der Waals surface area contributed by atoms with Gasteiger partial charge in [-0.05, 0) is 31.0 Å². The lowest BCUT2D eigenvalue weighted by Crippen LogP contribution is -2.28. The minimum absolute atomic E-state index is 0.0182. The number of hydrogen-bond acceptors (Lipinski definition) is 4. The molecule has 3 N–H and O–H groups in total. The van der Waals surface area contributed by atoms with E-state index in [1.807, 2.05) is 13.8 Å². The summed E-state index contributed by atoms with van der Waals surface area (Å²) < 4.78 is 24.0. The molecule has 1 unspecified atom stereocenters. The summed E-state index contributed by atoms with van der Waals surface area (Å²) in [4.78, 5) is 11.8. The predicted molar refractivity (Wildman–Crippen MR) is 87.2 cm³/mol. The molecule has 0 aliphatic heterocycles. The van der Waals surface area contributed by atoms with Crippen LogP contribution in [0, 0.1) is 5.92 Å². The lowest BCUT2D eigenvalue weighted by molar-refractivity contribution is -0.115. The zero-order chi connectivity index (χ0) is 16.2. The molecule has 0 saturated heterocycles. The Bertz CT molecular complexity index is 615. The van der Waals surface area contributed by atoms with Gasteiger partial charge >= 0.3 is 0 Å².